The van der Waals surface area contributed by atoms with E-state index in [1.54, 1.807) is 0 Å². The summed E-state index contributed by atoms with van der Waals surface area (Å²) in [6.07, 6.45) is 9.13. The lowest BCUT2D eigenvalue weighted by Crippen LogP contribution is -2.38. The van der Waals surface area contributed by atoms with Gasteiger partial charge in [0.15, 0.2) is 0 Å². The van der Waals surface area contributed by atoms with E-state index in [0.717, 1.165) is 31.6 Å². The van der Waals surface area contributed by atoms with Crippen molar-refractivity contribution in [3.63, 3.8) is 0 Å². The molecule has 26 heavy (non-hydrogen) atoms. The maximum absolute atomic E-state index is 11.8. The summed E-state index contributed by atoms with van der Waals surface area (Å²) in [4.78, 5) is 23.1. The van der Waals surface area contributed by atoms with Crippen LogP contribution >= 0.6 is 0 Å². The van der Waals surface area contributed by atoms with Crippen molar-refractivity contribution >= 4 is 12.3 Å². The van der Waals surface area contributed by atoms with Crippen LogP contribution in [-0.2, 0) is 18.9 Å². The van der Waals surface area contributed by atoms with Crippen molar-refractivity contribution in [1.29, 1.82) is 0 Å². The van der Waals surface area contributed by atoms with Crippen molar-refractivity contribution in [2.24, 2.45) is 5.92 Å². The van der Waals surface area contributed by atoms with Gasteiger partial charge >= 0.3 is 12.3 Å². The maximum atomic E-state index is 11.8. The van der Waals surface area contributed by atoms with Gasteiger partial charge in [-0.1, -0.05) is 52.4 Å². The highest BCUT2D eigenvalue weighted by atomic mass is 16.8. The molecule has 6 nitrogen and oxygen atoms in total. The van der Waals surface area contributed by atoms with E-state index in [0.29, 0.717) is 19.4 Å². The number of methoxy groups -OCH3 is 1. The first-order chi connectivity index (χ1) is 12.5. The van der Waals surface area contributed by atoms with Gasteiger partial charge in [-0.05, 0) is 38.0 Å². The maximum Gasteiger partial charge on any atom is 0.508 e. The van der Waals surface area contributed by atoms with E-state index < -0.39 is 24.5 Å². The number of unbranched alkanes of at least 4 members (excludes halogenated alkanes) is 5. The molecule has 0 spiro atoms. The van der Waals surface area contributed by atoms with E-state index in [9.17, 15) is 9.59 Å². The third kappa shape index (κ3) is 10.5. The van der Waals surface area contributed by atoms with Crippen molar-refractivity contribution in [3.8, 4) is 0 Å². The summed E-state index contributed by atoms with van der Waals surface area (Å²) in [6, 6.07) is 0. The van der Waals surface area contributed by atoms with E-state index in [-0.39, 0.29) is 0 Å². The lowest BCUT2D eigenvalue weighted by atomic mass is 9.95. The van der Waals surface area contributed by atoms with Crippen LogP contribution in [0.1, 0.15) is 84.5 Å². The summed E-state index contributed by atoms with van der Waals surface area (Å²) in [5.74, 6) is 0.788. The monoisotopic (exact) mass is 372 g/mol. The Hall–Kier alpha value is -1.46. The molecule has 1 rings (SSSR count). The van der Waals surface area contributed by atoms with Gasteiger partial charge in [0.1, 0.15) is 12.2 Å². The minimum absolute atomic E-state index is 0.375. The summed E-state index contributed by atoms with van der Waals surface area (Å²) >= 11 is 0. The molecule has 2 unspecified atom stereocenters. The van der Waals surface area contributed by atoms with Crippen LogP contribution in [0.25, 0.3) is 0 Å². The zero-order valence-corrected chi connectivity index (χ0v) is 16.7. The normalized spacial score (nSPS) is 19.8. The van der Waals surface area contributed by atoms with Gasteiger partial charge in [-0.25, -0.2) is 9.59 Å². The van der Waals surface area contributed by atoms with Crippen LogP contribution in [0.2, 0.25) is 0 Å². The van der Waals surface area contributed by atoms with Gasteiger partial charge < -0.3 is 18.9 Å². The molecule has 0 heterocycles. The van der Waals surface area contributed by atoms with Crippen LogP contribution in [0.15, 0.2) is 0 Å². The van der Waals surface area contributed by atoms with E-state index in [1.165, 1.54) is 39.2 Å². The molecule has 0 aromatic heterocycles. The highest BCUT2D eigenvalue weighted by Gasteiger charge is 2.32. The fraction of sp³-hybridized carbons (Fsp3) is 0.900. The van der Waals surface area contributed by atoms with E-state index in [4.69, 9.17) is 14.2 Å². The van der Waals surface area contributed by atoms with Crippen LogP contribution in [0.4, 0.5) is 9.59 Å². The molecule has 1 saturated carbocycles. The number of carbonyl (C=O) groups is 2. The Labute approximate surface area is 157 Å². The van der Waals surface area contributed by atoms with Gasteiger partial charge in [-0.3, -0.25) is 0 Å². The Morgan fingerprint density at radius 2 is 1.38 bits per heavy atom. The zero-order valence-electron chi connectivity index (χ0n) is 16.7. The number of carbonyl (C=O) groups excluding carboxylic acids is 2. The number of hydrogen-bond acceptors (Lipinski definition) is 6. The Balaban J connectivity index is 2.08. The first-order valence-electron chi connectivity index (χ1n) is 10.1. The highest BCUT2D eigenvalue weighted by Crippen LogP contribution is 2.24. The quantitative estimate of drug-likeness (QED) is 0.346. The van der Waals surface area contributed by atoms with Crippen LogP contribution in [0, 0.1) is 5.92 Å². The van der Waals surface area contributed by atoms with Crippen LogP contribution in [-0.4, -0.2) is 38.2 Å². The van der Waals surface area contributed by atoms with Crippen LogP contribution in [0.3, 0.4) is 0 Å². The van der Waals surface area contributed by atoms with Crippen molar-refractivity contribution in [2.75, 3.05) is 13.7 Å². The second-order valence-corrected chi connectivity index (χ2v) is 7.45. The molecule has 1 aliphatic carbocycles. The highest BCUT2D eigenvalue weighted by molar-refractivity contribution is 5.61. The molecule has 1 aliphatic rings. The molecular weight excluding hydrogens is 336 g/mol. The lowest BCUT2D eigenvalue weighted by molar-refractivity contribution is -0.0681. The van der Waals surface area contributed by atoms with E-state index >= 15 is 0 Å². The molecule has 0 aromatic rings. The average molecular weight is 373 g/mol. The molecule has 152 valence electrons. The fourth-order valence-corrected chi connectivity index (χ4v) is 3.18. The Kier molecular flexibility index (Phi) is 11.9. The predicted octanol–water partition coefficient (Wildman–Crippen LogP) is 5.62. The van der Waals surface area contributed by atoms with Gasteiger partial charge in [0.05, 0.1) is 13.7 Å². The molecule has 0 amide bonds. The molecule has 6 heteroatoms. The van der Waals surface area contributed by atoms with Gasteiger partial charge in [-0.15, -0.1) is 0 Å². The Morgan fingerprint density at radius 1 is 0.846 bits per heavy atom. The Morgan fingerprint density at radius 3 is 1.96 bits per heavy atom. The van der Waals surface area contributed by atoms with Gasteiger partial charge in [0.2, 0.25) is 0 Å². The molecule has 0 radical (unpaired) electrons. The molecule has 0 aliphatic heterocycles. The SMILES string of the molecule is COC(=O)OC1CCCCC1OC(=O)OCCCCCCCCC(C)C. The predicted molar refractivity (Wildman–Crippen MR) is 99.1 cm³/mol. The summed E-state index contributed by atoms with van der Waals surface area (Å²) in [6.45, 7) is 4.89. The summed E-state index contributed by atoms with van der Waals surface area (Å²) < 4.78 is 20.2. The standard InChI is InChI=1S/C20H36O6/c1-16(2)12-8-6-4-5-7-11-15-24-20(22)26-18-14-10-9-13-17(18)25-19(21)23-3/h16-18H,4-15H2,1-3H3. The van der Waals surface area contributed by atoms with Crippen molar-refractivity contribution < 1.29 is 28.5 Å². The second kappa shape index (κ2) is 13.7. The Bertz CT molecular complexity index is 396. The van der Waals surface area contributed by atoms with E-state index in [2.05, 4.69) is 18.6 Å². The van der Waals surface area contributed by atoms with Gasteiger partial charge in [0.25, 0.3) is 0 Å². The molecular formula is C20H36O6. The zero-order chi connectivity index (χ0) is 19.2. The summed E-state index contributed by atoms with van der Waals surface area (Å²) in [7, 11) is 1.26. The van der Waals surface area contributed by atoms with Crippen molar-refractivity contribution in [3.05, 3.63) is 0 Å². The minimum atomic E-state index is -0.743. The third-order valence-corrected chi connectivity index (χ3v) is 4.70. The number of rotatable bonds is 11. The number of ether oxygens (including phenoxy) is 4. The third-order valence-electron chi connectivity index (χ3n) is 4.70. The topological polar surface area (TPSA) is 71.1 Å². The molecule has 0 bridgehead atoms. The minimum Gasteiger partial charge on any atom is -0.438 e. The summed E-state index contributed by atoms with van der Waals surface area (Å²) in [5.41, 5.74) is 0. The smallest absolute Gasteiger partial charge is 0.438 e. The molecule has 0 aromatic carbocycles. The van der Waals surface area contributed by atoms with Crippen molar-refractivity contribution in [2.45, 2.75) is 96.7 Å². The first-order valence-corrected chi connectivity index (χ1v) is 10.1. The molecule has 1 fully saturated rings. The first kappa shape index (κ1) is 22.6. The van der Waals surface area contributed by atoms with Gasteiger partial charge in [0, 0.05) is 0 Å². The molecule has 2 atom stereocenters. The van der Waals surface area contributed by atoms with Crippen LogP contribution < -0.4 is 0 Å². The molecule has 0 saturated heterocycles. The average Bonchev–Trinajstić information content (AvgIpc) is 2.61. The fourth-order valence-electron chi connectivity index (χ4n) is 3.18. The van der Waals surface area contributed by atoms with Gasteiger partial charge in [-0.2, -0.15) is 0 Å². The summed E-state index contributed by atoms with van der Waals surface area (Å²) in [5, 5.41) is 0. The largest absolute Gasteiger partial charge is 0.508 e. The number of hydrogen-bond donors (Lipinski definition) is 0. The second-order valence-electron chi connectivity index (χ2n) is 7.45. The van der Waals surface area contributed by atoms with E-state index in [1.807, 2.05) is 0 Å². The van der Waals surface area contributed by atoms with Crippen LogP contribution in [0.5, 0.6) is 0 Å². The lowest BCUT2D eigenvalue weighted by Gasteiger charge is -2.29. The van der Waals surface area contributed by atoms with Crippen molar-refractivity contribution in [1.82, 2.24) is 0 Å². The molecule has 0 N–H and O–H groups in total.